The summed E-state index contributed by atoms with van der Waals surface area (Å²) in [5, 5.41) is 0. The molecule has 4 rings (SSSR count). The number of carbonyl (C=O) groups excluding carboxylic acids is 2. The monoisotopic (exact) mass is 400 g/mol. The molecule has 1 atom stereocenters. The summed E-state index contributed by atoms with van der Waals surface area (Å²) in [6, 6.07) is 26.7. The van der Waals surface area contributed by atoms with E-state index in [1.807, 2.05) is 84.9 Å². The maximum Gasteiger partial charge on any atom is 0.239 e. The number of ether oxygens (including phenoxy) is 1. The Morgan fingerprint density at radius 3 is 2.20 bits per heavy atom. The highest BCUT2D eigenvalue weighted by molar-refractivity contribution is 6.09. The van der Waals surface area contributed by atoms with Crippen molar-refractivity contribution < 1.29 is 14.3 Å². The molecule has 152 valence electrons. The predicted octanol–water partition coefficient (Wildman–Crippen LogP) is 4.49. The van der Waals surface area contributed by atoms with Crippen LogP contribution in [-0.4, -0.2) is 30.3 Å². The number of rotatable bonds is 6. The van der Waals surface area contributed by atoms with E-state index in [-0.39, 0.29) is 11.8 Å². The lowest BCUT2D eigenvalue weighted by atomic mass is 10.1. The van der Waals surface area contributed by atoms with Gasteiger partial charge in [0, 0.05) is 25.8 Å². The third-order valence-corrected chi connectivity index (χ3v) is 5.27. The third kappa shape index (κ3) is 4.35. The van der Waals surface area contributed by atoms with E-state index < -0.39 is 5.92 Å². The van der Waals surface area contributed by atoms with Gasteiger partial charge in [-0.05, 0) is 48.4 Å². The molecule has 5 nitrogen and oxygen atoms in total. The minimum Gasteiger partial charge on any atom is -0.457 e. The minimum absolute atomic E-state index is 0.129. The summed E-state index contributed by atoms with van der Waals surface area (Å²) in [6.07, 6.45) is 0.527. The van der Waals surface area contributed by atoms with Crippen LogP contribution in [0.15, 0.2) is 84.9 Å². The highest BCUT2D eigenvalue weighted by atomic mass is 16.5. The summed E-state index contributed by atoms with van der Waals surface area (Å²) < 4.78 is 5.81. The Hall–Kier alpha value is -3.60. The Morgan fingerprint density at radius 2 is 1.53 bits per heavy atom. The number of nitrogens with zero attached hydrogens (tertiary/aromatic N) is 2. The van der Waals surface area contributed by atoms with Crippen molar-refractivity contribution in [3.63, 3.8) is 0 Å². The van der Waals surface area contributed by atoms with Crippen LogP contribution in [0, 0.1) is 5.92 Å². The van der Waals surface area contributed by atoms with Crippen LogP contribution in [0.1, 0.15) is 12.0 Å². The second kappa shape index (κ2) is 8.82. The van der Waals surface area contributed by atoms with Gasteiger partial charge in [-0.2, -0.15) is 0 Å². The molecule has 2 amide bonds. The number of amides is 2. The molecule has 1 aliphatic rings. The average Bonchev–Trinajstić information content (AvgIpc) is 3.16. The predicted molar refractivity (Wildman–Crippen MR) is 116 cm³/mol. The molecule has 1 fully saturated rings. The molecular formula is C25H24N2O3. The smallest absolute Gasteiger partial charge is 0.239 e. The van der Waals surface area contributed by atoms with Crippen molar-refractivity contribution in [3.8, 4) is 11.5 Å². The second-order valence-electron chi connectivity index (χ2n) is 7.42. The zero-order chi connectivity index (χ0) is 20.9. The first-order chi connectivity index (χ1) is 14.6. The van der Waals surface area contributed by atoms with E-state index in [1.165, 1.54) is 0 Å². The summed E-state index contributed by atoms with van der Waals surface area (Å²) in [6.45, 7) is 1.03. The van der Waals surface area contributed by atoms with Gasteiger partial charge >= 0.3 is 0 Å². The standard InChI is InChI=1S/C25H24N2O3/c1-26(18-19-8-4-2-5-9-19)24(28)23-16-17-27(25(23)29)20-12-14-22(15-13-20)30-21-10-6-3-7-11-21/h2-15,23H,16-18H2,1H3. The average molecular weight is 400 g/mol. The molecule has 0 bridgehead atoms. The van der Waals surface area contributed by atoms with E-state index in [2.05, 4.69) is 0 Å². The molecule has 1 heterocycles. The van der Waals surface area contributed by atoms with Crippen LogP contribution in [0.5, 0.6) is 11.5 Å². The lowest BCUT2D eigenvalue weighted by Crippen LogP contribution is -2.37. The zero-order valence-corrected chi connectivity index (χ0v) is 16.9. The van der Waals surface area contributed by atoms with Crippen molar-refractivity contribution in [1.82, 2.24) is 4.90 Å². The van der Waals surface area contributed by atoms with Crippen LogP contribution in [0.4, 0.5) is 5.69 Å². The molecule has 0 spiro atoms. The van der Waals surface area contributed by atoms with Gasteiger partial charge < -0.3 is 14.5 Å². The number of carbonyl (C=O) groups is 2. The first-order valence-electron chi connectivity index (χ1n) is 10.0. The van der Waals surface area contributed by atoms with Crippen LogP contribution >= 0.6 is 0 Å². The molecule has 3 aromatic rings. The van der Waals surface area contributed by atoms with Crippen LogP contribution in [-0.2, 0) is 16.1 Å². The Morgan fingerprint density at radius 1 is 0.933 bits per heavy atom. The lowest BCUT2D eigenvalue weighted by Gasteiger charge is -2.21. The molecule has 0 aliphatic carbocycles. The number of hydrogen-bond acceptors (Lipinski definition) is 3. The summed E-state index contributed by atoms with van der Waals surface area (Å²) in [5.74, 6) is 0.562. The maximum atomic E-state index is 12.9. The topological polar surface area (TPSA) is 49.9 Å². The number of hydrogen-bond donors (Lipinski definition) is 0. The molecule has 0 aromatic heterocycles. The van der Waals surface area contributed by atoms with Crippen molar-refractivity contribution in [3.05, 3.63) is 90.5 Å². The first kappa shape index (κ1) is 19.7. The molecule has 1 unspecified atom stereocenters. The summed E-state index contributed by atoms with van der Waals surface area (Å²) in [5.41, 5.74) is 1.83. The lowest BCUT2D eigenvalue weighted by molar-refractivity contribution is -0.139. The van der Waals surface area contributed by atoms with E-state index in [0.717, 1.165) is 17.0 Å². The fraction of sp³-hybridized carbons (Fsp3) is 0.200. The van der Waals surface area contributed by atoms with Gasteiger partial charge in [-0.15, -0.1) is 0 Å². The molecule has 0 N–H and O–H groups in total. The Balaban J connectivity index is 1.39. The van der Waals surface area contributed by atoms with E-state index in [4.69, 9.17) is 4.74 Å². The van der Waals surface area contributed by atoms with Gasteiger partial charge in [0.25, 0.3) is 0 Å². The van der Waals surface area contributed by atoms with E-state index >= 15 is 0 Å². The first-order valence-corrected chi connectivity index (χ1v) is 10.0. The molecule has 1 aliphatic heterocycles. The summed E-state index contributed by atoms with van der Waals surface area (Å²) >= 11 is 0. The van der Waals surface area contributed by atoms with Crippen LogP contribution in [0.2, 0.25) is 0 Å². The zero-order valence-electron chi connectivity index (χ0n) is 16.9. The van der Waals surface area contributed by atoms with Crippen molar-refractivity contribution in [1.29, 1.82) is 0 Å². The van der Waals surface area contributed by atoms with Crippen LogP contribution < -0.4 is 9.64 Å². The molecule has 1 saturated heterocycles. The Kier molecular flexibility index (Phi) is 5.80. The van der Waals surface area contributed by atoms with Crippen molar-refractivity contribution in [2.45, 2.75) is 13.0 Å². The van der Waals surface area contributed by atoms with E-state index in [9.17, 15) is 9.59 Å². The Labute approximate surface area is 176 Å². The van der Waals surface area contributed by atoms with Crippen LogP contribution in [0.25, 0.3) is 0 Å². The number of anilines is 1. The number of benzene rings is 3. The second-order valence-corrected chi connectivity index (χ2v) is 7.42. The normalized spacial score (nSPS) is 15.8. The largest absolute Gasteiger partial charge is 0.457 e. The molecule has 30 heavy (non-hydrogen) atoms. The molecular weight excluding hydrogens is 376 g/mol. The van der Waals surface area contributed by atoms with Gasteiger partial charge in [0.15, 0.2) is 0 Å². The molecule has 0 radical (unpaired) electrons. The quantitative estimate of drug-likeness (QED) is 0.573. The molecule has 5 heteroatoms. The Bertz CT molecular complexity index is 1000. The van der Waals surface area contributed by atoms with Gasteiger partial charge in [0.2, 0.25) is 11.8 Å². The van der Waals surface area contributed by atoms with Crippen molar-refractivity contribution in [2.75, 3.05) is 18.5 Å². The SMILES string of the molecule is CN(Cc1ccccc1)C(=O)C1CCN(c2ccc(Oc3ccccc3)cc2)C1=O. The van der Waals surface area contributed by atoms with Crippen LogP contribution in [0.3, 0.4) is 0 Å². The van der Waals surface area contributed by atoms with Crippen molar-refractivity contribution >= 4 is 17.5 Å². The van der Waals surface area contributed by atoms with Gasteiger partial charge in [-0.3, -0.25) is 9.59 Å². The highest BCUT2D eigenvalue weighted by Crippen LogP contribution is 2.29. The maximum absolute atomic E-state index is 12.9. The third-order valence-electron chi connectivity index (χ3n) is 5.27. The summed E-state index contributed by atoms with van der Waals surface area (Å²) in [7, 11) is 1.75. The fourth-order valence-corrected chi connectivity index (χ4v) is 3.69. The minimum atomic E-state index is -0.626. The summed E-state index contributed by atoms with van der Waals surface area (Å²) in [4.78, 5) is 29.1. The number of para-hydroxylation sites is 1. The van der Waals surface area contributed by atoms with E-state index in [1.54, 1.807) is 16.8 Å². The molecule has 3 aromatic carbocycles. The molecule has 0 saturated carbocycles. The van der Waals surface area contributed by atoms with E-state index in [0.29, 0.717) is 25.3 Å². The van der Waals surface area contributed by atoms with Gasteiger partial charge in [-0.1, -0.05) is 48.5 Å². The fourth-order valence-electron chi connectivity index (χ4n) is 3.69. The van der Waals surface area contributed by atoms with Crippen molar-refractivity contribution in [2.24, 2.45) is 5.92 Å². The van der Waals surface area contributed by atoms with Gasteiger partial charge in [-0.25, -0.2) is 0 Å². The van der Waals surface area contributed by atoms with Gasteiger partial charge in [0.05, 0.1) is 0 Å². The highest BCUT2D eigenvalue weighted by Gasteiger charge is 2.38. The van der Waals surface area contributed by atoms with Gasteiger partial charge in [0.1, 0.15) is 17.4 Å².